The van der Waals surface area contributed by atoms with Crippen LogP contribution in [0.5, 0.6) is 0 Å². The molecule has 19 heavy (non-hydrogen) atoms. The Morgan fingerprint density at radius 2 is 2.00 bits per heavy atom. The Bertz CT molecular complexity index is 515. The van der Waals surface area contributed by atoms with E-state index < -0.39 is 0 Å². The first-order valence-electron chi connectivity index (χ1n) is 7.16. The largest absolute Gasteiger partial charge is 0.273 e. The van der Waals surface area contributed by atoms with Crippen molar-refractivity contribution < 1.29 is 4.79 Å². The van der Waals surface area contributed by atoms with Crippen LogP contribution in [0.25, 0.3) is 0 Å². The molecule has 0 unspecified atom stereocenters. The zero-order valence-electron chi connectivity index (χ0n) is 11.4. The van der Waals surface area contributed by atoms with Crippen LogP contribution in [-0.4, -0.2) is 16.6 Å². The monoisotopic (exact) mass is 256 g/mol. The zero-order valence-corrected chi connectivity index (χ0v) is 11.4. The molecule has 1 aromatic rings. The number of nitrogens with zero attached hydrogens (tertiary/aromatic N) is 2. The molecule has 0 radical (unpaired) electrons. The Morgan fingerprint density at radius 1 is 1.26 bits per heavy atom. The summed E-state index contributed by atoms with van der Waals surface area (Å²) in [6, 6.07) is 8.20. The van der Waals surface area contributed by atoms with Crippen LogP contribution in [0.15, 0.2) is 29.4 Å². The molecule has 3 heteroatoms. The minimum atomic E-state index is 0.158. The number of hydrogen-bond donors (Lipinski definition) is 0. The number of rotatable bonds is 3. The van der Waals surface area contributed by atoms with Crippen LogP contribution in [0.1, 0.15) is 43.2 Å². The maximum atomic E-state index is 12.1. The van der Waals surface area contributed by atoms with E-state index >= 15 is 0 Å². The summed E-state index contributed by atoms with van der Waals surface area (Å²) in [6.45, 7) is 2.69. The first-order chi connectivity index (χ1) is 9.24. The van der Waals surface area contributed by atoms with Crippen LogP contribution in [0.4, 0.5) is 0 Å². The van der Waals surface area contributed by atoms with Gasteiger partial charge in [-0.3, -0.25) is 4.79 Å². The average molecular weight is 256 g/mol. The second kappa shape index (κ2) is 5.16. The lowest BCUT2D eigenvalue weighted by Crippen LogP contribution is -2.20. The maximum absolute atomic E-state index is 12.1. The fourth-order valence-electron chi connectivity index (χ4n) is 3.05. The molecular weight excluding hydrogens is 236 g/mol. The predicted molar refractivity (Wildman–Crippen MR) is 75.7 cm³/mol. The molecule has 1 heterocycles. The standard InChI is InChI=1S/C16H20N2O/c1-12-6-2-3-9-14(12)11-18-16(19)10-15(17-18)13-7-4-5-8-13/h2-3,6,9,13H,4-5,7-8,10-11H2,1H3. The number of hydrazone groups is 1. The smallest absolute Gasteiger partial charge is 0.248 e. The summed E-state index contributed by atoms with van der Waals surface area (Å²) in [5, 5.41) is 6.25. The quantitative estimate of drug-likeness (QED) is 0.817. The number of amides is 1. The molecule has 3 rings (SSSR count). The van der Waals surface area contributed by atoms with Crippen molar-refractivity contribution in [2.45, 2.75) is 45.6 Å². The molecule has 0 saturated heterocycles. The molecule has 0 atom stereocenters. The SMILES string of the molecule is Cc1ccccc1CN1N=C(C2CCCC2)CC1=O. The lowest BCUT2D eigenvalue weighted by atomic mass is 10.00. The van der Waals surface area contributed by atoms with Gasteiger partial charge in [0.2, 0.25) is 5.91 Å². The van der Waals surface area contributed by atoms with Gasteiger partial charge in [0.05, 0.1) is 18.7 Å². The van der Waals surface area contributed by atoms with E-state index in [4.69, 9.17) is 0 Å². The van der Waals surface area contributed by atoms with E-state index in [1.54, 1.807) is 5.01 Å². The van der Waals surface area contributed by atoms with E-state index in [2.05, 4.69) is 24.2 Å². The summed E-state index contributed by atoms with van der Waals surface area (Å²) < 4.78 is 0. The average Bonchev–Trinajstić information content (AvgIpc) is 3.02. The highest BCUT2D eigenvalue weighted by Gasteiger charge is 2.30. The zero-order chi connectivity index (χ0) is 13.2. The van der Waals surface area contributed by atoms with Gasteiger partial charge in [-0.15, -0.1) is 0 Å². The van der Waals surface area contributed by atoms with Crippen molar-refractivity contribution in [2.75, 3.05) is 0 Å². The van der Waals surface area contributed by atoms with Crippen LogP contribution in [-0.2, 0) is 11.3 Å². The molecule has 0 aromatic heterocycles. The summed E-state index contributed by atoms with van der Waals surface area (Å²) >= 11 is 0. The molecule has 1 aromatic carbocycles. The number of hydrogen-bond acceptors (Lipinski definition) is 2. The highest BCUT2D eigenvalue weighted by molar-refractivity contribution is 6.06. The van der Waals surface area contributed by atoms with Gasteiger partial charge in [0, 0.05) is 0 Å². The second-order valence-corrected chi connectivity index (χ2v) is 5.63. The number of benzene rings is 1. The molecule has 1 aliphatic heterocycles. The molecule has 3 nitrogen and oxygen atoms in total. The van der Waals surface area contributed by atoms with Gasteiger partial charge in [-0.2, -0.15) is 5.10 Å². The van der Waals surface area contributed by atoms with E-state index in [1.165, 1.54) is 36.8 Å². The molecule has 0 bridgehead atoms. The molecule has 0 N–H and O–H groups in total. The van der Waals surface area contributed by atoms with Crippen molar-refractivity contribution in [2.24, 2.45) is 11.0 Å². The molecule has 1 amide bonds. The summed E-state index contributed by atoms with van der Waals surface area (Å²) in [5.41, 5.74) is 3.53. The minimum Gasteiger partial charge on any atom is -0.273 e. The van der Waals surface area contributed by atoms with Gasteiger partial charge in [-0.05, 0) is 36.8 Å². The predicted octanol–water partition coefficient (Wildman–Crippen LogP) is 3.27. The third-order valence-corrected chi connectivity index (χ3v) is 4.28. The van der Waals surface area contributed by atoms with Crippen LogP contribution in [0.2, 0.25) is 0 Å². The van der Waals surface area contributed by atoms with Gasteiger partial charge < -0.3 is 0 Å². The lowest BCUT2D eigenvalue weighted by Gasteiger charge is -2.13. The van der Waals surface area contributed by atoms with Gasteiger partial charge in [0.1, 0.15) is 0 Å². The van der Waals surface area contributed by atoms with E-state index in [0.717, 1.165) is 5.71 Å². The van der Waals surface area contributed by atoms with Crippen LogP contribution >= 0.6 is 0 Å². The van der Waals surface area contributed by atoms with E-state index in [-0.39, 0.29) is 5.91 Å². The Balaban J connectivity index is 1.74. The van der Waals surface area contributed by atoms with Gasteiger partial charge >= 0.3 is 0 Å². The van der Waals surface area contributed by atoms with Gasteiger partial charge in [-0.25, -0.2) is 5.01 Å². The van der Waals surface area contributed by atoms with Crippen molar-refractivity contribution in [1.29, 1.82) is 0 Å². The van der Waals surface area contributed by atoms with Crippen molar-refractivity contribution in [1.82, 2.24) is 5.01 Å². The Morgan fingerprint density at radius 3 is 2.74 bits per heavy atom. The summed E-state index contributed by atoms with van der Waals surface area (Å²) in [7, 11) is 0. The third-order valence-electron chi connectivity index (χ3n) is 4.28. The van der Waals surface area contributed by atoms with Gasteiger partial charge in [0.25, 0.3) is 0 Å². The minimum absolute atomic E-state index is 0.158. The summed E-state index contributed by atoms with van der Waals surface area (Å²) in [5.74, 6) is 0.718. The maximum Gasteiger partial charge on any atom is 0.248 e. The molecule has 100 valence electrons. The summed E-state index contributed by atoms with van der Waals surface area (Å²) in [6.07, 6.45) is 5.54. The fourth-order valence-corrected chi connectivity index (χ4v) is 3.05. The highest BCUT2D eigenvalue weighted by atomic mass is 16.2. The fraction of sp³-hybridized carbons (Fsp3) is 0.500. The number of carbonyl (C=O) groups excluding carboxylic acids is 1. The first-order valence-corrected chi connectivity index (χ1v) is 7.16. The third kappa shape index (κ3) is 2.55. The molecular formula is C16H20N2O. The molecule has 1 saturated carbocycles. The van der Waals surface area contributed by atoms with Crippen LogP contribution in [0, 0.1) is 12.8 Å². The Kier molecular flexibility index (Phi) is 3.36. The lowest BCUT2D eigenvalue weighted by molar-refractivity contribution is -0.129. The molecule has 2 aliphatic rings. The van der Waals surface area contributed by atoms with Crippen molar-refractivity contribution in [3.63, 3.8) is 0 Å². The van der Waals surface area contributed by atoms with E-state index in [0.29, 0.717) is 18.9 Å². The van der Waals surface area contributed by atoms with E-state index in [9.17, 15) is 4.79 Å². The highest BCUT2D eigenvalue weighted by Crippen LogP contribution is 2.30. The first kappa shape index (κ1) is 12.4. The van der Waals surface area contributed by atoms with Gasteiger partial charge in [-0.1, -0.05) is 37.1 Å². The number of aryl methyl sites for hydroxylation is 1. The van der Waals surface area contributed by atoms with Crippen LogP contribution in [0.3, 0.4) is 0 Å². The van der Waals surface area contributed by atoms with E-state index in [1.807, 2.05) is 12.1 Å². The Hall–Kier alpha value is -1.64. The van der Waals surface area contributed by atoms with Crippen molar-refractivity contribution in [3.8, 4) is 0 Å². The second-order valence-electron chi connectivity index (χ2n) is 5.63. The Labute approximate surface area is 114 Å². The topological polar surface area (TPSA) is 32.7 Å². The van der Waals surface area contributed by atoms with Crippen molar-refractivity contribution in [3.05, 3.63) is 35.4 Å². The molecule has 1 aliphatic carbocycles. The number of carbonyl (C=O) groups is 1. The summed E-state index contributed by atoms with van der Waals surface area (Å²) in [4.78, 5) is 12.1. The molecule has 1 fully saturated rings. The van der Waals surface area contributed by atoms with Gasteiger partial charge in [0.15, 0.2) is 0 Å². The molecule has 0 spiro atoms. The van der Waals surface area contributed by atoms with Crippen LogP contribution < -0.4 is 0 Å². The van der Waals surface area contributed by atoms with Crippen molar-refractivity contribution >= 4 is 11.6 Å². The normalized spacial score (nSPS) is 20.2.